The molecule has 0 saturated carbocycles. The lowest BCUT2D eigenvalue weighted by Crippen LogP contribution is -2.38. The number of benzene rings is 2. The first kappa shape index (κ1) is 21.4. The number of aryl methyl sites for hydroxylation is 2. The van der Waals surface area contributed by atoms with Crippen LogP contribution < -0.4 is 10.4 Å². The summed E-state index contributed by atoms with van der Waals surface area (Å²) >= 11 is 0. The van der Waals surface area contributed by atoms with Crippen molar-refractivity contribution in [3.8, 4) is 16.9 Å². The molecule has 1 aliphatic rings. The summed E-state index contributed by atoms with van der Waals surface area (Å²) in [4.78, 5) is 19.3. The molecule has 0 amide bonds. The minimum absolute atomic E-state index is 0.00273. The molecule has 2 aromatic carbocycles. The van der Waals surface area contributed by atoms with E-state index < -0.39 is 0 Å². The van der Waals surface area contributed by atoms with Gasteiger partial charge in [-0.05, 0) is 41.5 Å². The van der Waals surface area contributed by atoms with E-state index >= 15 is 0 Å². The summed E-state index contributed by atoms with van der Waals surface area (Å²) in [6, 6.07) is 18.4. The molecule has 0 spiro atoms. The average molecular weight is 445 g/mol. The first-order valence-electron chi connectivity index (χ1n) is 11.1. The van der Waals surface area contributed by atoms with Crippen LogP contribution in [0.3, 0.4) is 0 Å². The van der Waals surface area contributed by atoms with Crippen LogP contribution in [0.4, 0.5) is 0 Å². The van der Waals surface area contributed by atoms with Crippen molar-refractivity contribution in [2.24, 2.45) is 14.1 Å². The van der Waals surface area contributed by atoms with Crippen LogP contribution in [0.5, 0.6) is 5.75 Å². The number of morpholine rings is 1. The van der Waals surface area contributed by atoms with Crippen LogP contribution >= 0.6 is 0 Å². The van der Waals surface area contributed by atoms with Gasteiger partial charge >= 0.3 is 5.69 Å². The molecule has 0 radical (unpaired) electrons. The second-order valence-corrected chi connectivity index (χ2v) is 8.52. The lowest BCUT2D eigenvalue weighted by Gasteiger charge is -2.32. The average Bonchev–Trinajstić information content (AvgIpc) is 3.08. The number of methoxy groups -OCH3 is 1. The molecule has 0 unspecified atom stereocenters. The lowest BCUT2D eigenvalue weighted by molar-refractivity contribution is -0.0349. The summed E-state index contributed by atoms with van der Waals surface area (Å²) in [5, 5.41) is 0. The number of imidazole rings is 1. The Hall–Kier alpha value is -3.42. The summed E-state index contributed by atoms with van der Waals surface area (Å²) in [6.07, 6.45) is 1.83. The van der Waals surface area contributed by atoms with Gasteiger partial charge in [0.1, 0.15) is 11.9 Å². The molecular formula is C26H28N4O3. The standard InChI is InChI=1S/C26H28N4O3/c1-28-23-10-7-18(13-24(23)29(2)26(28)31)16-30-11-12-33-25(17-30)22-9-8-20(15-27-22)19-5-4-6-21(14-19)32-3/h4-10,13-15,25H,11-12,16-17H2,1-3H3/t25-/m1/s1. The monoisotopic (exact) mass is 444 g/mol. The summed E-state index contributed by atoms with van der Waals surface area (Å²) in [5.74, 6) is 0.830. The van der Waals surface area contributed by atoms with Crippen LogP contribution in [0.1, 0.15) is 17.4 Å². The van der Waals surface area contributed by atoms with Gasteiger partial charge in [-0.3, -0.25) is 19.0 Å². The van der Waals surface area contributed by atoms with Crippen molar-refractivity contribution in [3.63, 3.8) is 0 Å². The van der Waals surface area contributed by atoms with E-state index in [-0.39, 0.29) is 11.8 Å². The van der Waals surface area contributed by atoms with Crippen LogP contribution in [-0.4, -0.2) is 45.8 Å². The topological polar surface area (TPSA) is 61.5 Å². The van der Waals surface area contributed by atoms with Gasteiger partial charge in [-0.15, -0.1) is 0 Å². The van der Waals surface area contributed by atoms with Gasteiger partial charge in [-0.2, -0.15) is 0 Å². The highest BCUT2D eigenvalue weighted by molar-refractivity contribution is 5.76. The molecule has 1 atom stereocenters. The first-order chi connectivity index (χ1) is 16.0. The SMILES string of the molecule is COc1cccc(-c2ccc([C@H]3CN(Cc4ccc5c(c4)n(C)c(=O)n5C)CCO3)nc2)c1. The van der Waals surface area contributed by atoms with Gasteiger partial charge in [0.15, 0.2) is 0 Å². The number of pyridine rings is 1. The molecule has 1 saturated heterocycles. The van der Waals surface area contributed by atoms with Crippen molar-refractivity contribution in [1.29, 1.82) is 0 Å². The number of ether oxygens (including phenoxy) is 2. The van der Waals surface area contributed by atoms with Crippen molar-refractivity contribution in [2.45, 2.75) is 12.6 Å². The van der Waals surface area contributed by atoms with Crippen LogP contribution in [0.15, 0.2) is 65.6 Å². The van der Waals surface area contributed by atoms with Gasteiger partial charge in [0.2, 0.25) is 0 Å². The number of hydrogen-bond acceptors (Lipinski definition) is 5. The van der Waals surface area contributed by atoms with E-state index in [1.54, 1.807) is 16.2 Å². The van der Waals surface area contributed by atoms with Gasteiger partial charge in [0, 0.05) is 45.5 Å². The molecule has 1 fully saturated rings. The Bertz CT molecular complexity index is 1340. The lowest BCUT2D eigenvalue weighted by atomic mass is 10.1. The van der Waals surface area contributed by atoms with Crippen LogP contribution in [0.2, 0.25) is 0 Å². The molecule has 1 aliphatic heterocycles. The Labute approximate surface area is 192 Å². The molecular weight excluding hydrogens is 416 g/mol. The highest BCUT2D eigenvalue weighted by Gasteiger charge is 2.23. The second kappa shape index (κ2) is 8.84. The van der Waals surface area contributed by atoms with Gasteiger partial charge in [0.05, 0.1) is 30.4 Å². The minimum atomic E-state index is -0.0667. The van der Waals surface area contributed by atoms with Crippen molar-refractivity contribution < 1.29 is 9.47 Å². The predicted molar refractivity (Wildman–Crippen MR) is 128 cm³/mol. The Balaban J connectivity index is 1.30. The van der Waals surface area contributed by atoms with E-state index in [9.17, 15) is 4.79 Å². The zero-order valence-corrected chi connectivity index (χ0v) is 19.2. The van der Waals surface area contributed by atoms with Gasteiger partial charge in [-0.25, -0.2) is 4.79 Å². The molecule has 170 valence electrons. The van der Waals surface area contributed by atoms with E-state index in [4.69, 9.17) is 14.5 Å². The Kier molecular flexibility index (Phi) is 5.74. The van der Waals surface area contributed by atoms with E-state index in [1.807, 2.05) is 44.6 Å². The highest BCUT2D eigenvalue weighted by Crippen LogP contribution is 2.27. The fourth-order valence-corrected chi connectivity index (χ4v) is 4.50. The fraction of sp³-hybridized carbons (Fsp3) is 0.308. The largest absolute Gasteiger partial charge is 0.497 e. The van der Waals surface area contributed by atoms with Crippen molar-refractivity contribution in [1.82, 2.24) is 19.0 Å². The number of rotatable bonds is 5. The maximum atomic E-state index is 12.2. The quantitative estimate of drug-likeness (QED) is 0.471. The Morgan fingerprint density at radius 3 is 2.67 bits per heavy atom. The summed E-state index contributed by atoms with van der Waals surface area (Å²) in [6.45, 7) is 3.11. The number of nitrogens with zero attached hydrogens (tertiary/aromatic N) is 4. The fourth-order valence-electron chi connectivity index (χ4n) is 4.50. The Morgan fingerprint density at radius 2 is 1.88 bits per heavy atom. The van der Waals surface area contributed by atoms with Gasteiger partial charge in [0.25, 0.3) is 0 Å². The van der Waals surface area contributed by atoms with Crippen molar-refractivity contribution >= 4 is 11.0 Å². The highest BCUT2D eigenvalue weighted by atomic mass is 16.5. The second-order valence-electron chi connectivity index (χ2n) is 8.52. The predicted octanol–water partition coefficient (Wildman–Crippen LogP) is 3.52. The van der Waals surface area contributed by atoms with Crippen molar-refractivity contribution in [2.75, 3.05) is 26.8 Å². The Morgan fingerprint density at radius 1 is 1.03 bits per heavy atom. The van der Waals surface area contributed by atoms with E-state index in [0.29, 0.717) is 6.61 Å². The van der Waals surface area contributed by atoms with Crippen molar-refractivity contribution in [3.05, 3.63) is 82.5 Å². The normalized spacial score (nSPS) is 16.9. The summed E-state index contributed by atoms with van der Waals surface area (Å²) in [5.41, 5.74) is 6.15. The maximum Gasteiger partial charge on any atom is 0.328 e. The summed E-state index contributed by atoms with van der Waals surface area (Å²) < 4.78 is 14.8. The van der Waals surface area contributed by atoms with Gasteiger partial charge < -0.3 is 9.47 Å². The summed E-state index contributed by atoms with van der Waals surface area (Å²) in [7, 11) is 5.30. The van der Waals surface area contributed by atoms with E-state index in [2.05, 4.69) is 35.2 Å². The smallest absolute Gasteiger partial charge is 0.328 e. The van der Waals surface area contributed by atoms with Crippen LogP contribution in [-0.2, 0) is 25.4 Å². The molecule has 7 nitrogen and oxygen atoms in total. The van der Waals surface area contributed by atoms with Crippen LogP contribution in [0, 0.1) is 0 Å². The molecule has 5 rings (SSSR count). The molecule has 0 aliphatic carbocycles. The zero-order chi connectivity index (χ0) is 22.9. The number of hydrogen-bond donors (Lipinski definition) is 0. The molecule has 4 aromatic rings. The molecule has 7 heteroatoms. The first-order valence-corrected chi connectivity index (χ1v) is 11.1. The van der Waals surface area contributed by atoms with E-state index in [1.165, 1.54) is 5.56 Å². The third-order valence-electron chi connectivity index (χ3n) is 6.41. The number of fused-ring (bicyclic) bond motifs is 1. The van der Waals surface area contributed by atoms with Crippen LogP contribution in [0.25, 0.3) is 22.2 Å². The minimum Gasteiger partial charge on any atom is -0.497 e. The molecule has 3 heterocycles. The molecule has 2 aromatic heterocycles. The number of aromatic nitrogens is 3. The zero-order valence-electron chi connectivity index (χ0n) is 19.2. The molecule has 0 N–H and O–H groups in total. The maximum absolute atomic E-state index is 12.2. The van der Waals surface area contributed by atoms with E-state index in [0.717, 1.165) is 53.2 Å². The molecule has 33 heavy (non-hydrogen) atoms. The molecule has 0 bridgehead atoms. The third kappa shape index (κ3) is 4.17. The third-order valence-corrected chi connectivity index (χ3v) is 6.41. The van der Waals surface area contributed by atoms with Gasteiger partial charge in [-0.1, -0.05) is 24.3 Å².